The van der Waals surface area contributed by atoms with E-state index >= 15 is 0 Å². The lowest BCUT2D eigenvalue weighted by Crippen LogP contribution is -2.47. The second-order valence-electron chi connectivity index (χ2n) is 8.74. The van der Waals surface area contributed by atoms with Crippen molar-refractivity contribution in [1.29, 1.82) is 0 Å². The summed E-state index contributed by atoms with van der Waals surface area (Å²) in [4.78, 5) is 21.8. The third-order valence-electron chi connectivity index (χ3n) is 6.80. The van der Waals surface area contributed by atoms with Crippen LogP contribution in [0.4, 0.5) is 4.39 Å². The van der Waals surface area contributed by atoms with Crippen LogP contribution in [0, 0.1) is 17.3 Å². The molecular formula is C21H35FN4O3. The molecule has 1 amide bonds. The number of nitrogens with zero attached hydrogens (tertiary/aromatic N) is 4. The van der Waals surface area contributed by atoms with Crippen LogP contribution in [0.3, 0.4) is 0 Å². The minimum absolute atomic E-state index is 0. The molecule has 1 aromatic heterocycles. The number of aromatic nitrogens is 2. The molecule has 3 heterocycles. The van der Waals surface area contributed by atoms with E-state index in [0.29, 0.717) is 47.9 Å². The summed E-state index contributed by atoms with van der Waals surface area (Å²) in [5.74, 6) is 1.90. The van der Waals surface area contributed by atoms with Gasteiger partial charge in [0.15, 0.2) is 5.82 Å². The second-order valence-corrected chi connectivity index (χ2v) is 8.74. The zero-order chi connectivity index (χ0) is 19.5. The third kappa shape index (κ3) is 3.48. The highest BCUT2D eigenvalue weighted by Gasteiger charge is 2.66. The Kier molecular flexibility index (Phi) is 6.30. The normalized spacial score (nSPS) is 27.5. The average molecular weight is 411 g/mol. The number of imidazole rings is 1. The lowest BCUT2D eigenvalue weighted by atomic mass is 9.99. The molecule has 7 nitrogen and oxygen atoms in total. The molecule has 3 atom stereocenters. The molecule has 1 aromatic rings. The van der Waals surface area contributed by atoms with E-state index in [-0.39, 0.29) is 18.3 Å². The van der Waals surface area contributed by atoms with Gasteiger partial charge in [-0.3, -0.25) is 4.79 Å². The van der Waals surface area contributed by atoms with E-state index in [1.54, 1.807) is 12.3 Å². The summed E-state index contributed by atoms with van der Waals surface area (Å²) in [7, 11) is 1.88. The van der Waals surface area contributed by atoms with Gasteiger partial charge in [0.2, 0.25) is 0 Å². The van der Waals surface area contributed by atoms with Crippen molar-refractivity contribution in [3.05, 3.63) is 36.4 Å². The molecule has 29 heavy (non-hydrogen) atoms. The number of fused-ring (bicyclic) bond motifs is 1. The Labute approximate surface area is 173 Å². The van der Waals surface area contributed by atoms with Gasteiger partial charge >= 0.3 is 0 Å². The van der Waals surface area contributed by atoms with E-state index in [1.165, 1.54) is 0 Å². The first-order valence-corrected chi connectivity index (χ1v) is 9.86. The lowest BCUT2D eigenvalue weighted by molar-refractivity contribution is 0.0665. The van der Waals surface area contributed by atoms with Crippen LogP contribution in [-0.4, -0.2) is 68.1 Å². The van der Waals surface area contributed by atoms with Crippen molar-refractivity contribution in [2.75, 3.05) is 19.6 Å². The topological polar surface area (TPSA) is 104 Å². The van der Waals surface area contributed by atoms with Gasteiger partial charge in [-0.05, 0) is 29.7 Å². The Morgan fingerprint density at radius 2 is 2.03 bits per heavy atom. The molecule has 1 unspecified atom stereocenters. The summed E-state index contributed by atoms with van der Waals surface area (Å²) in [6, 6.07) is 0.300. The Morgan fingerprint density at radius 1 is 1.38 bits per heavy atom. The number of piperidine rings is 1. The highest BCUT2D eigenvalue weighted by Crippen LogP contribution is 2.65. The second kappa shape index (κ2) is 7.91. The lowest BCUT2D eigenvalue weighted by Gasteiger charge is -2.37. The molecule has 3 aliphatic rings. The van der Waals surface area contributed by atoms with Crippen LogP contribution in [0.5, 0.6) is 0 Å². The molecule has 4 rings (SSSR count). The van der Waals surface area contributed by atoms with Crippen LogP contribution in [0.2, 0.25) is 0 Å². The molecule has 0 radical (unpaired) electrons. The van der Waals surface area contributed by atoms with Crippen molar-refractivity contribution in [3.8, 4) is 0 Å². The van der Waals surface area contributed by atoms with Crippen molar-refractivity contribution in [3.63, 3.8) is 0 Å². The number of rotatable bonds is 5. The first-order valence-electron chi connectivity index (χ1n) is 9.86. The molecule has 3 fully saturated rings. The van der Waals surface area contributed by atoms with Gasteiger partial charge < -0.3 is 25.3 Å². The molecule has 1 aliphatic carbocycles. The quantitative estimate of drug-likeness (QED) is 0.690. The van der Waals surface area contributed by atoms with Crippen molar-refractivity contribution < 1.29 is 21.6 Å². The third-order valence-corrected chi connectivity index (χ3v) is 6.80. The van der Waals surface area contributed by atoms with E-state index in [2.05, 4.69) is 32.3 Å². The fraction of sp³-hybridized carbons (Fsp3) is 0.619. The number of hydrogen-bond donors (Lipinski definition) is 0. The van der Waals surface area contributed by atoms with E-state index in [1.807, 2.05) is 27.5 Å². The summed E-state index contributed by atoms with van der Waals surface area (Å²) < 4.78 is 15.2. The molecule has 1 saturated carbocycles. The van der Waals surface area contributed by atoms with E-state index in [0.717, 1.165) is 18.7 Å². The molecule has 0 spiro atoms. The predicted molar refractivity (Wildman–Crippen MR) is 113 cm³/mol. The highest BCUT2D eigenvalue weighted by atomic mass is 19.1. The molecule has 4 N–H and O–H groups in total. The molecular weight excluding hydrogens is 375 g/mol. The van der Waals surface area contributed by atoms with Gasteiger partial charge in [-0.15, -0.1) is 0 Å². The minimum atomic E-state index is -0.801. The molecule has 0 bridgehead atoms. The van der Waals surface area contributed by atoms with Crippen LogP contribution in [0.1, 0.15) is 44.9 Å². The summed E-state index contributed by atoms with van der Waals surface area (Å²) >= 11 is 0. The number of aryl methyl sites for hydroxylation is 1. The van der Waals surface area contributed by atoms with E-state index in [4.69, 9.17) is 0 Å². The molecule has 8 heteroatoms. The summed E-state index contributed by atoms with van der Waals surface area (Å²) in [5.41, 5.74) is 1.64. The maximum absolute atomic E-state index is 13.3. The Balaban J connectivity index is 0.00000150. The molecule has 2 aliphatic heterocycles. The van der Waals surface area contributed by atoms with Gasteiger partial charge in [-0.2, -0.15) is 0 Å². The van der Waals surface area contributed by atoms with Gasteiger partial charge in [0.25, 0.3) is 5.91 Å². The van der Waals surface area contributed by atoms with Crippen LogP contribution in [0.15, 0.2) is 24.9 Å². The standard InChI is InChI=1S/C21H29FN4O.2H2O.H2/c1-6-8-17(25-9-13(22)10-25)19-23-15(12-24(19)5)20(27)26-11-14-18(16(26)7-2)21(14,3)4;;;/h6,8,12-14,16,18H,1,7,9-11H2,2-5H3;2*1H2;1H/b17-8+;;;/t14?,16-,18+;;;/m1.../s1. The number of amides is 1. The van der Waals surface area contributed by atoms with Crippen LogP contribution in [-0.2, 0) is 7.05 Å². The van der Waals surface area contributed by atoms with Gasteiger partial charge in [0.05, 0.1) is 18.8 Å². The summed E-state index contributed by atoms with van der Waals surface area (Å²) in [6.45, 7) is 12.1. The zero-order valence-electron chi connectivity index (χ0n) is 17.7. The van der Waals surface area contributed by atoms with Crippen LogP contribution in [0.25, 0.3) is 5.70 Å². The fourth-order valence-corrected chi connectivity index (χ4v) is 5.16. The maximum Gasteiger partial charge on any atom is 0.274 e. The number of carbonyl (C=O) groups is 1. The number of halogens is 1. The van der Waals surface area contributed by atoms with Gasteiger partial charge in [-0.1, -0.05) is 33.4 Å². The minimum Gasteiger partial charge on any atom is -0.412 e. The monoisotopic (exact) mass is 410 g/mol. The van der Waals surface area contributed by atoms with Crippen molar-refractivity contribution >= 4 is 11.6 Å². The molecule has 164 valence electrons. The first-order chi connectivity index (χ1) is 12.8. The average Bonchev–Trinajstić information content (AvgIpc) is 2.98. The number of allylic oxidation sites excluding steroid dienone is 2. The van der Waals surface area contributed by atoms with Crippen molar-refractivity contribution in [1.82, 2.24) is 19.4 Å². The maximum atomic E-state index is 13.3. The van der Waals surface area contributed by atoms with Crippen LogP contribution >= 0.6 is 0 Å². The molecule has 2 saturated heterocycles. The smallest absolute Gasteiger partial charge is 0.274 e. The Bertz CT molecular complexity index is 819. The summed E-state index contributed by atoms with van der Waals surface area (Å²) in [6.07, 6.45) is 5.49. The zero-order valence-corrected chi connectivity index (χ0v) is 17.7. The van der Waals surface area contributed by atoms with E-state index < -0.39 is 6.17 Å². The van der Waals surface area contributed by atoms with E-state index in [9.17, 15) is 9.18 Å². The number of carbonyl (C=O) groups excluding carboxylic acids is 1. The molecule has 0 aromatic carbocycles. The van der Waals surface area contributed by atoms with Gasteiger partial charge in [-0.25, -0.2) is 9.37 Å². The fourth-order valence-electron chi connectivity index (χ4n) is 5.16. The van der Waals surface area contributed by atoms with Crippen molar-refractivity contribution in [2.24, 2.45) is 24.3 Å². The predicted octanol–water partition coefficient (Wildman–Crippen LogP) is 1.70. The highest BCUT2D eigenvalue weighted by molar-refractivity contribution is 5.93. The Morgan fingerprint density at radius 3 is 2.59 bits per heavy atom. The number of hydrogen-bond acceptors (Lipinski definition) is 3. The first kappa shape index (κ1) is 23.1. The number of alkyl halides is 1. The SMILES string of the molecule is C=C/C=C(\c1nc(C(=O)N2CC3[C@@H]([C@H]2CC)C3(C)C)cn1C)N1CC(F)C1.O.O.[HH]. The van der Waals surface area contributed by atoms with Gasteiger partial charge in [0.1, 0.15) is 11.9 Å². The number of likely N-dealkylation sites (tertiary alicyclic amines) is 2. The largest absolute Gasteiger partial charge is 0.412 e. The van der Waals surface area contributed by atoms with Gasteiger partial charge in [0, 0.05) is 27.3 Å². The Hall–Kier alpha value is -2.19. The van der Waals surface area contributed by atoms with Crippen LogP contribution < -0.4 is 0 Å². The van der Waals surface area contributed by atoms with Crippen molar-refractivity contribution in [2.45, 2.75) is 39.4 Å². The summed E-state index contributed by atoms with van der Waals surface area (Å²) in [5, 5.41) is 0.